The summed E-state index contributed by atoms with van der Waals surface area (Å²) in [5.41, 5.74) is 2.25. The van der Waals surface area contributed by atoms with Crippen molar-refractivity contribution in [3.8, 4) is 0 Å². The molecule has 0 aliphatic rings. The third-order valence-electron chi connectivity index (χ3n) is 5.96. The number of carbonyl (C=O) groups is 2. The molecule has 0 fully saturated rings. The second kappa shape index (κ2) is 12.9. The van der Waals surface area contributed by atoms with E-state index in [0.29, 0.717) is 17.1 Å². The Balaban J connectivity index is 2.42. The Labute approximate surface area is 214 Å². The number of amides is 2. The number of rotatable bonds is 12. The zero-order valence-corrected chi connectivity index (χ0v) is 22.7. The van der Waals surface area contributed by atoms with Crippen LogP contribution in [0.4, 0.5) is 5.69 Å². The summed E-state index contributed by atoms with van der Waals surface area (Å²) in [5, 5.41) is 3.51. The Kier molecular flexibility index (Phi) is 10.6. The molecule has 0 saturated heterocycles. The van der Waals surface area contributed by atoms with E-state index in [1.54, 1.807) is 36.4 Å². The van der Waals surface area contributed by atoms with E-state index in [9.17, 15) is 18.0 Å². The van der Waals surface area contributed by atoms with Gasteiger partial charge in [0.05, 0.1) is 11.9 Å². The quantitative estimate of drug-likeness (QED) is 0.448. The molecule has 35 heavy (non-hydrogen) atoms. The van der Waals surface area contributed by atoms with Gasteiger partial charge in [-0.1, -0.05) is 56.6 Å². The van der Waals surface area contributed by atoms with E-state index in [4.69, 9.17) is 11.6 Å². The van der Waals surface area contributed by atoms with Gasteiger partial charge in [0.2, 0.25) is 21.8 Å². The number of anilines is 1. The molecular formula is C26H36ClN3O4S. The van der Waals surface area contributed by atoms with Crippen LogP contribution in [0.1, 0.15) is 51.7 Å². The second-order valence-corrected chi connectivity index (χ2v) is 11.0. The van der Waals surface area contributed by atoms with Crippen molar-refractivity contribution in [2.24, 2.45) is 0 Å². The van der Waals surface area contributed by atoms with Gasteiger partial charge in [-0.25, -0.2) is 8.42 Å². The normalized spacial score (nSPS) is 13.1. The van der Waals surface area contributed by atoms with E-state index in [1.807, 2.05) is 39.8 Å². The average molecular weight is 522 g/mol. The zero-order valence-electron chi connectivity index (χ0n) is 21.1. The third kappa shape index (κ3) is 8.25. The molecule has 2 amide bonds. The van der Waals surface area contributed by atoms with Gasteiger partial charge in [0.1, 0.15) is 12.6 Å². The number of halogens is 1. The maximum Gasteiger partial charge on any atom is 0.244 e. The van der Waals surface area contributed by atoms with Crippen molar-refractivity contribution in [3.05, 3.63) is 64.7 Å². The molecule has 0 unspecified atom stereocenters. The van der Waals surface area contributed by atoms with Crippen LogP contribution < -0.4 is 9.62 Å². The molecule has 9 heteroatoms. The van der Waals surface area contributed by atoms with Crippen LogP contribution in [-0.4, -0.2) is 50.0 Å². The van der Waals surface area contributed by atoms with Crippen LogP contribution in [0, 0.1) is 0 Å². The molecule has 0 aliphatic carbocycles. The van der Waals surface area contributed by atoms with Gasteiger partial charge in [-0.3, -0.25) is 13.9 Å². The number of aryl methyl sites for hydroxylation is 1. The monoisotopic (exact) mass is 521 g/mol. The summed E-state index contributed by atoms with van der Waals surface area (Å²) >= 11 is 6.01. The Bertz CT molecular complexity index is 1090. The fourth-order valence-corrected chi connectivity index (χ4v) is 4.63. The fourth-order valence-electron chi connectivity index (χ4n) is 3.66. The van der Waals surface area contributed by atoms with Crippen molar-refractivity contribution in [2.75, 3.05) is 17.1 Å². The van der Waals surface area contributed by atoms with E-state index < -0.39 is 28.5 Å². The van der Waals surface area contributed by atoms with Crippen LogP contribution in [0.2, 0.25) is 5.02 Å². The van der Waals surface area contributed by atoms with Crippen molar-refractivity contribution >= 4 is 39.1 Å². The first-order valence-electron chi connectivity index (χ1n) is 11.9. The lowest BCUT2D eigenvalue weighted by Gasteiger charge is -2.33. The van der Waals surface area contributed by atoms with Crippen LogP contribution in [0.15, 0.2) is 48.5 Å². The van der Waals surface area contributed by atoms with E-state index in [2.05, 4.69) is 5.32 Å². The Hall–Kier alpha value is -2.58. The molecule has 0 aromatic heterocycles. The predicted molar refractivity (Wildman–Crippen MR) is 142 cm³/mol. The summed E-state index contributed by atoms with van der Waals surface area (Å²) in [6.45, 7) is 7.45. The highest BCUT2D eigenvalue weighted by atomic mass is 35.5. The second-order valence-electron chi connectivity index (χ2n) is 8.68. The smallest absolute Gasteiger partial charge is 0.244 e. The average Bonchev–Trinajstić information content (AvgIpc) is 2.82. The van der Waals surface area contributed by atoms with Gasteiger partial charge in [0.15, 0.2) is 0 Å². The van der Waals surface area contributed by atoms with E-state index in [0.717, 1.165) is 34.5 Å². The summed E-state index contributed by atoms with van der Waals surface area (Å²) in [4.78, 5) is 28.2. The first kappa shape index (κ1) is 28.7. The largest absolute Gasteiger partial charge is 0.352 e. The minimum absolute atomic E-state index is 0.0476. The molecule has 0 bridgehead atoms. The first-order valence-corrected chi connectivity index (χ1v) is 14.1. The van der Waals surface area contributed by atoms with Gasteiger partial charge >= 0.3 is 0 Å². The minimum atomic E-state index is -3.75. The number of nitrogens with zero attached hydrogens (tertiary/aromatic N) is 2. The molecule has 0 radical (unpaired) electrons. The molecule has 1 N–H and O–H groups in total. The number of sulfonamides is 1. The Morgan fingerprint density at radius 3 is 2.00 bits per heavy atom. The van der Waals surface area contributed by atoms with Crippen molar-refractivity contribution in [1.29, 1.82) is 0 Å². The molecule has 0 saturated carbocycles. The van der Waals surface area contributed by atoms with Crippen LogP contribution in [0.25, 0.3) is 0 Å². The lowest BCUT2D eigenvalue weighted by Crippen LogP contribution is -2.53. The van der Waals surface area contributed by atoms with Gasteiger partial charge in [-0.2, -0.15) is 0 Å². The van der Waals surface area contributed by atoms with Crippen molar-refractivity contribution in [3.63, 3.8) is 0 Å². The highest BCUT2D eigenvalue weighted by Crippen LogP contribution is 2.21. The molecule has 2 rings (SSSR count). The molecule has 2 aromatic rings. The lowest BCUT2D eigenvalue weighted by atomic mass is 10.1. The van der Waals surface area contributed by atoms with Gasteiger partial charge in [0.25, 0.3) is 0 Å². The Morgan fingerprint density at radius 2 is 1.51 bits per heavy atom. The molecule has 2 atom stereocenters. The number of benzene rings is 2. The standard InChI is InChI=1S/C26H36ClN3O4S/c1-6-19(4)28-26(32)24(8-3)29(17-21-9-13-22(27)14-10-21)25(31)18-30(35(5,33)34)23-15-11-20(7-2)12-16-23/h9-16,19,24H,6-8,17-18H2,1-5H3,(H,28,32)/t19-,24-/m0/s1. The predicted octanol–water partition coefficient (Wildman–Crippen LogP) is 4.39. The highest BCUT2D eigenvalue weighted by Gasteiger charge is 2.32. The molecule has 192 valence electrons. The molecule has 0 aliphatic heterocycles. The van der Waals surface area contributed by atoms with E-state index in [-0.39, 0.29) is 18.5 Å². The summed E-state index contributed by atoms with van der Waals surface area (Å²) in [6.07, 6.45) is 3.02. The molecule has 2 aromatic carbocycles. The molecule has 7 nitrogen and oxygen atoms in total. The van der Waals surface area contributed by atoms with Crippen LogP contribution >= 0.6 is 11.6 Å². The summed E-state index contributed by atoms with van der Waals surface area (Å²) in [6, 6.07) is 13.3. The van der Waals surface area contributed by atoms with Gasteiger partial charge in [-0.05, 0) is 61.6 Å². The summed E-state index contributed by atoms with van der Waals surface area (Å²) in [7, 11) is -3.75. The van der Waals surface area contributed by atoms with Gasteiger partial charge in [-0.15, -0.1) is 0 Å². The topological polar surface area (TPSA) is 86.8 Å². The van der Waals surface area contributed by atoms with Crippen molar-refractivity contribution in [1.82, 2.24) is 10.2 Å². The van der Waals surface area contributed by atoms with Crippen molar-refractivity contribution in [2.45, 2.75) is 65.6 Å². The summed E-state index contributed by atoms with van der Waals surface area (Å²) < 4.78 is 26.4. The highest BCUT2D eigenvalue weighted by molar-refractivity contribution is 7.92. The minimum Gasteiger partial charge on any atom is -0.352 e. The van der Waals surface area contributed by atoms with E-state index in [1.165, 1.54) is 4.90 Å². The number of nitrogens with one attached hydrogen (secondary N) is 1. The number of hydrogen-bond donors (Lipinski definition) is 1. The molecular weight excluding hydrogens is 486 g/mol. The number of hydrogen-bond acceptors (Lipinski definition) is 4. The van der Waals surface area contributed by atoms with Crippen LogP contribution in [-0.2, 0) is 32.6 Å². The van der Waals surface area contributed by atoms with Crippen LogP contribution in [0.5, 0.6) is 0 Å². The molecule has 0 spiro atoms. The van der Waals surface area contributed by atoms with Crippen LogP contribution in [0.3, 0.4) is 0 Å². The first-order chi connectivity index (χ1) is 16.5. The number of carbonyl (C=O) groups excluding carboxylic acids is 2. The molecule has 0 heterocycles. The van der Waals surface area contributed by atoms with Gasteiger partial charge < -0.3 is 10.2 Å². The maximum atomic E-state index is 13.6. The van der Waals surface area contributed by atoms with Gasteiger partial charge in [0, 0.05) is 17.6 Å². The zero-order chi connectivity index (χ0) is 26.2. The summed E-state index contributed by atoms with van der Waals surface area (Å²) in [5.74, 6) is -0.724. The SMILES string of the molecule is CCc1ccc(N(CC(=O)N(Cc2ccc(Cl)cc2)[C@@H](CC)C(=O)N[C@@H](C)CC)S(C)(=O)=O)cc1. The Morgan fingerprint density at radius 1 is 0.943 bits per heavy atom. The lowest BCUT2D eigenvalue weighted by molar-refractivity contribution is -0.140. The third-order valence-corrected chi connectivity index (χ3v) is 7.36. The maximum absolute atomic E-state index is 13.6. The fraction of sp³-hybridized carbons (Fsp3) is 0.462. The van der Waals surface area contributed by atoms with E-state index >= 15 is 0 Å². The van der Waals surface area contributed by atoms with Crippen molar-refractivity contribution < 1.29 is 18.0 Å².